The highest BCUT2D eigenvalue weighted by atomic mass is 16.2. The van der Waals surface area contributed by atoms with Gasteiger partial charge in [-0.2, -0.15) is 0 Å². The van der Waals surface area contributed by atoms with Crippen LogP contribution in [0.3, 0.4) is 0 Å². The summed E-state index contributed by atoms with van der Waals surface area (Å²) in [5.74, 6) is 0.925. The molecule has 0 bridgehead atoms. The summed E-state index contributed by atoms with van der Waals surface area (Å²) in [5, 5.41) is 0. The summed E-state index contributed by atoms with van der Waals surface area (Å²) in [6.07, 6.45) is 1.36. The van der Waals surface area contributed by atoms with Crippen molar-refractivity contribution in [3.8, 4) is 0 Å². The predicted octanol–water partition coefficient (Wildman–Crippen LogP) is 4.76. The van der Waals surface area contributed by atoms with E-state index >= 15 is 0 Å². The number of benzene rings is 2. The molecule has 0 aliphatic carbocycles. The number of aromatic nitrogens is 2. The summed E-state index contributed by atoms with van der Waals surface area (Å²) < 4.78 is 2.02. The number of para-hydroxylation sites is 2. The number of carbonyl (C=O) groups excluding carboxylic acids is 2. The minimum Gasteiger partial charge on any atom is -0.336 e. The summed E-state index contributed by atoms with van der Waals surface area (Å²) in [7, 11) is 0. The van der Waals surface area contributed by atoms with E-state index in [-0.39, 0.29) is 36.4 Å². The van der Waals surface area contributed by atoms with Crippen LogP contribution in [0.15, 0.2) is 48.5 Å². The van der Waals surface area contributed by atoms with Crippen LogP contribution in [0.5, 0.6) is 0 Å². The number of hydrogen-bond acceptors (Lipinski definition) is 3. The fourth-order valence-corrected chi connectivity index (χ4v) is 5.00. The van der Waals surface area contributed by atoms with Gasteiger partial charge in [-0.25, -0.2) is 4.98 Å². The predicted molar refractivity (Wildman–Crippen MR) is 132 cm³/mol. The molecule has 33 heavy (non-hydrogen) atoms. The lowest BCUT2D eigenvalue weighted by Gasteiger charge is -2.31. The maximum atomic E-state index is 13.3. The molecule has 2 aromatic carbocycles. The highest BCUT2D eigenvalue weighted by Gasteiger charge is 2.35. The van der Waals surface area contributed by atoms with Gasteiger partial charge in [0.1, 0.15) is 12.4 Å². The first-order valence-electron chi connectivity index (χ1n) is 12.0. The van der Waals surface area contributed by atoms with Crippen molar-refractivity contribution < 1.29 is 9.59 Å². The van der Waals surface area contributed by atoms with Crippen LogP contribution in [0.4, 0.5) is 5.69 Å². The lowest BCUT2D eigenvalue weighted by Crippen LogP contribution is -2.44. The van der Waals surface area contributed by atoms with Gasteiger partial charge < -0.3 is 14.4 Å². The third-order valence-corrected chi connectivity index (χ3v) is 6.52. The average molecular weight is 447 g/mol. The van der Waals surface area contributed by atoms with E-state index < -0.39 is 0 Å². The van der Waals surface area contributed by atoms with Gasteiger partial charge in [0.05, 0.1) is 11.0 Å². The van der Waals surface area contributed by atoms with Crippen molar-refractivity contribution in [1.29, 1.82) is 0 Å². The third-order valence-electron chi connectivity index (χ3n) is 6.52. The van der Waals surface area contributed by atoms with E-state index in [2.05, 4.69) is 19.1 Å². The summed E-state index contributed by atoms with van der Waals surface area (Å²) in [4.78, 5) is 34.9. The lowest BCUT2D eigenvalue weighted by molar-refractivity contribution is -0.135. The Hall–Kier alpha value is -3.15. The van der Waals surface area contributed by atoms with Crippen molar-refractivity contribution >= 4 is 28.5 Å². The van der Waals surface area contributed by atoms with Crippen molar-refractivity contribution in [2.75, 3.05) is 11.4 Å². The number of aryl methyl sites for hydroxylation is 1. The van der Waals surface area contributed by atoms with Gasteiger partial charge in [0, 0.05) is 36.7 Å². The number of carbonyl (C=O) groups is 2. The number of anilines is 1. The molecular formula is C27H34N4O2. The maximum absolute atomic E-state index is 13.3. The van der Waals surface area contributed by atoms with Crippen LogP contribution in [0.1, 0.15) is 58.3 Å². The van der Waals surface area contributed by atoms with Crippen molar-refractivity contribution in [2.45, 2.75) is 72.0 Å². The first-order valence-corrected chi connectivity index (χ1v) is 12.0. The second-order valence-corrected chi connectivity index (χ2v) is 9.46. The van der Waals surface area contributed by atoms with Crippen LogP contribution < -0.4 is 4.90 Å². The van der Waals surface area contributed by atoms with Crippen LogP contribution in [0.2, 0.25) is 0 Å². The Kier molecular flexibility index (Phi) is 6.54. The molecule has 1 aliphatic heterocycles. The van der Waals surface area contributed by atoms with Gasteiger partial charge in [-0.3, -0.25) is 9.59 Å². The zero-order chi connectivity index (χ0) is 23.7. The number of amides is 2. The van der Waals surface area contributed by atoms with Crippen LogP contribution in [-0.4, -0.2) is 44.9 Å². The molecule has 0 N–H and O–H groups in total. The van der Waals surface area contributed by atoms with Gasteiger partial charge in [0.15, 0.2) is 0 Å². The zero-order valence-corrected chi connectivity index (χ0v) is 20.3. The third kappa shape index (κ3) is 4.52. The van der Waals surface area contributed by atoms with E-state index in [9.17, 15) is 9.59 Å². The van der Waals surface area contributed by atoms with Crippen LogP contribution >= 0.6 is 0 Å². The Bertz CT molecular complexity index is 1140. The molecular weight excluding hydrogens is 412 g/mol. The fourth-order valence-electron chi connectivity index (χ4n) is 5.00. The van der Waals surface area contributed by atoms with Crippen LogP contribution in [0.25, 0.3) is 11.0 Å². The first kappa shape index (κ1) is 23.0. The minimum atomic E-state index is -0.0601. The molecule has 2 amide bonds. The fraction of sp³-hybridized carbons (Fsp3) is 0.444. The molecule has 1 saturated heterocycles. The van der Waals surface area contributed by atoms with Gasteiger partial charge in [-0.1, -0.05) is 31.2 Å². The molecule has 0 radical (unpaired) electrons. The van der Waals surface area contributed by atoms with E-state index in [1.54, 1.807) is 0 Å². The van der Waals surface area contributed by atoms with E-state index in [4.69, 9.17) is 4.98 Å². The molecule has 1 atom stereocenters. The normalized spacial score (nSPS) is 16.4. The number of imidazole rings is 1. The molecule has 2 heterocycles. The Morgan fingerprint density at radius 3 is 2.36 bits per heavy atom. The second-order valence-electron chi connectivity index (χ2n) is 9.46. The van der Waals surface area contributed by atoms with Crippen molar-refractivity contribution in [1.82, 2.24) is 14.5 Å². The molecule has 0 saturated carbocycles. The number of hydrogen-bond donors (Lipinski definition) is 0. The highest BCUT2D eigenvalue weighted by Crippen LogP contribution is 2.33. The number of fused-ring (bicyclic) bond motifs is 1. The van der Waals surface area contributed by atoms with E-state index in [0.29, 0.717) is 13.0 Å². The van der Waals surface area contributed by atoms with Gasteiger partial charge in [-0.05, 0) is 63.9 Å². The molecule has 174 valence electrons. The SMILES string of the molecule is CCc1ccc(N2C[C@H](c3nc4ccccc4n3CC(=O)N(C(C)C)C(C)C)CC2=O)cc1. The Morgan fingerprint density at radius 1 is 1.06 bits per heavy atom. The summed E-state index contributed by atoms with van der Waals surface area (Å²) in [5.41, 5.74) is 3.97. The standard InChI is InChI=1S/C27H34N4O2/c1-6-20-11-13-22(14-12-20)29-16-21(15-25(29)32)27-28-23-9-7-8-10-24(23)30(27)17-26(33)31(18(2)3)19(4)5/h7-14,18-19,21H,6,15-17H2,1-5H3/t21-/m1/s1. The van der Waals surface area contributed by atoms with Gasteiger partial charge in [0.2, 0.25) is 11.8 Å². The van der Waals surface area contributed by atoms with Gasteiger partial charge >= 0.3 is 0 Å². The van der Waals surface area contributed by atoms with Gasteiger partial charge in [0.25, 0.3) is 0 Å². The average Bonchev–Trinajstić information content (AvgIpc) is 3.34. The highest BCUT2D eigenvalue weighted by molar-refractivity contribution is 5.96. The van der Waals surface area contributed by atoms with Crippen molar-refractivity contribution in [2.24, 2.45) is 0 Å². The molecule has 0 spiro atoms. The van der Waals surface area contributed by atoms with E-state index in [1.165, 1.54) is 5.56 Å². The minimum absolute atomic E-state index is 0.0601. The summed E-state index contributed by atoms with van der Waals surface area (Å²) >= 11 is 0. The molecule has 4 rings (SSSR count). The van der Waals surface area contributed by atoms with Gasteiger partial charge in [-0.15, -0.1) is 0 Å². The molecule has 3 aromatic rings. The van der Waals surface area contributed by atoms with Crippen LogP contribution in [0, 0.1) is 0 Å². The molecule has 1 aromatic heterocycles. The smallest absolute Gasteiger partial charge is 0.243 e. The first-order chi connectivity index (χ1) is 15.8. The maximum Gasteiger partial charge on any atom is 0.243 e. The monoisotopic (exact) mass is 446 g/mol. The molecule has 1 aliphatic rings. The Balaban J connectivity index is 1.66. The van der Waals surface area contributed by atoms with Crippen molar-refractivity contribution in [3.05, 3.63) is 59.9 Å². The molecule has 6 heteroatoms. The number of rotatable bonds is 7. The van der Waals surface area contributed by atoms with Crippen molar-refractivity contribution in [3.63, 3.8) is 0 Å². The Labute approximate surface area is 196 Å². The lowest BCUT2D eigenvalue weighted by atomic mass is 10.1. The quantitative estimate of drug-likeness (QED) is 0.526. The van der Waals surface area contributed by atoms with E-state index in [0.717, 1.165) is 29.0 Å². The zero-order valence-electron chi connectivity index (χ0n) is 20.3. The summed E-state index contributed by atoms with van der Waals surface area (Å²) in [6.45, 7) is 11.1. The molecule has 1 fully saturated rings. The second kappa shape index (κ2) is 9.38. The number of nitrogens with zero attached hydrogens (tertiary/aromatic N) is 4. The largest absolute Gasteiger partial charge is 0.336 e. The van der Waals surface area contributed by atoms with Crippen LogP contribution in [-0.2, 0) is 22.6 Å². The molecule has 6 nitrogen and oxygen atoms in total. The van der Waals surface area contributed by atoms with E-state index in [1.807, 2.05) is 78.5 Å². The molecule has 0 unspecified atom stereocenters. The summed E-state index contributed by atoms with van der Waals surface area (Å²) in [6, 6.07) is 16.3. The topological polar surface area (TPSA) is 58.4 Å². The Morgan fingerprint density at radius 2 is 1.73 bits per heavy atom.